The SMILES string of the molecule is Cc1ccc(C(=O)Nc2ccc(N3CCCCC3)nn2)cc1. The Morgan fingerprint density at radius 3 is 2.36 bits per heavy atom. The quantitative estimate of drug-likeness (QED) is 0.946. The van der Waals surface area contributed by atoms with E-state index in [0.29, 0.717) is 11.4 Å². The average Bonchev–Trinajstić information content (AvgIpc) is 2.57. The lowest BCUT2D eigenvalue weighted by Gasteiger charge is -2.27. The van der Waals surface area contributed by atoms with Crippen molar-refractivity contribution in [3.05, 3.63) is 47.5 Å². The van der Waals surface area contributed by atoms with Crippen molar-refractivity contribution >= 4 is 17.5 Å². The molecule has 1 aliphatic heterocycles. The van der Waals surface area contributed by atoms with Crippen LogP contribution >= 0.6 is 0 Å². The predicted octanol–water partition coefficient (Wildman–Crippen LogP) is 3.03. The molecule has 114 valence electrons. The number of carbonyl (C=O) groups excluding carboxylic acids is 1. The first kappa shape index (κ1) is 14.5. The van der Waals surface area contributed by atoms with E-state index in [9.17, 15) is 4.79 Å². The molecule has 2 aromatic rings. The zero-order valence-electron chi connectivity index (χ0n) is 12.7. The van der Waals surface area contributed by atoms with Crippen LogP contribution in [-0.4, -0.2) is 29.2 Å². The monoisotopic (exact) mass is 296 g/mol. The number of anilines is 2. The minimum absolute atomic E-state index is 0.167. The van der Waals surface area contributed by atoms with E-state index in [-0.39, 0.29) is 5.91 Å². The zero-order chi connectivity index (χ0) is 15.4. The lowest BCUT2D eigenvalue weighted by Crippen LogP contribution is -2.30. The second-order valence-electron chi connectivity index (χ2n) is 5.64. The Morgan fingerprint density at radius 1 is 1.00 bits per heavy atom. The summed E-state index contributed by atoms with van der Waals surface area (Å²) in [7, 11) is 0. The number of aromatic nitrogens is 2. The topological polar surface area (TPSA) is 58.1 Å². The van der Waals surface area contributed by atoms with Gasteiger partial charge in [-0.05, 0) is 50.5 Å². The molecule has 22 heavy (non-hydrogen) atoms. The number of benzene rings is 1. The summed E-state index contributed by atoms with van der Waals surface area (Å²) in [6, 6.07) is 11.2. The molecule has 1 fully saturated rings. The van der Waals surface area contributed by atoms with Crippen molar-refractivity contribution in [1.29, 1.82) is 0 Å². The molecule has 1 N–H and O–H groups in total. The molecule has 5 heteroatoms. The number of nitrogens with one attached hydrogen (secondary N) is 1. The second kappa shape index (κ2) is 6.56. The summed E-state index contributed by atoms with van der Waals surface area (Å²) in [5.41, 5.74) is 1.75. The predicted molar refractivity (Wildman–Crippen MR) is 87.2 cm³/mol. The van der Waals surface area contributed by atoms with Crippen molar-refractivity contribution in [1.82, 2.24) is 10.2 Å². The maximum absolute atomic E-state index is 12.1. The van der Waals surface area contributed by atoms with E-state index in [1.54, 1.807) is 12.1 Å². The lowest BCUT2D eigenvalue weighted by molar-refractivity contribution is 0.102. The molecular weight excluding hydrogens is 276 g/mol. The summed E-state index contributed by atoms with van der Waals surface area (Å²) in [4.78, 5) is 14.4. The molecule has 0 bridgehead atoms. The highest BCUT2D eigenvalue weighted by Crippen LogP contribution is 2.17. The Morgan fingerprint density at radius 2 is 1.73 bits per heavy atom. The first-order chi connectivity index (χ1) is 10.7. The molecule has 1 amide bonds. The summed E-state index contributed by atoms with van der Waals surface area (Å²) in [5, 5.41) is 11.1. The van der Waals surface area contributed by atoms with Crippen LogP contribution in [0, 0.1) is 6.92 Å². The Hall–Kier alpha value is -2.43. The van der Waals surface area contributed by atoms with Crippen molar-refractivity contribution in [3.8, 4) is 0 Å². The maximum Gasteiger partial charge on any atom is 0.256 e. The third kappa shape index (κ3) is 3.42. The van der Waals surface area contributed by atoms with Gasteiger partial charge < -0.3 is 10.2 Å². The fraction of sp³-hybridized carbons (Fsp3) is 0.353. The van der Waals surface area contributed by atoms with E-state index >= 15 is 0 Å². The highest BCUT2D eigenvalue weighted by atomic mass is 16.1. The standard InChI is InChI=1S/C17H20N4O/c1-13-5-7-14(8-6-13)17(22)18-15-9-10-16(20-19-15)21-11-3-2-4-12-21/h5-10H,2-4,11-12H2,1H3,(H,18,19,22). The average molecular weight is 296 g/mol. The maximum atomic E-state index is 12.1. The minimum Gasteiger partial charge on any atom is -0.355 e. The molecule has 1 aliphatic rings. The molecule has 5 nitrogen and oxygen atoms in total. The first-order valence-electron chi connectivity index (χ1n) is 7.69. The summed E-state index contributed by atoms with van der Waals surface area (Å²) in [5.74, 6) is 1.19. The molecule has 0 radical (unpaired) electrons. The fourth-order valence-corrected chi connectivity index (χ4v) is 2.58. The molecule has 3 rings (SSSR count). The van der Waals surface area contributed by atoms with Gasteiger partial charge in [-0.3, -0.25) is 4.79 Å². The van der Waals surface area contributed by atoms with E-state index in [2.05, 4.69) is 20.4 Å². The number of hydrogen-bond acceptors (Lipinski definition) is 4. The Labute approximate surface area is 130 Å². The van der Waals surface area contributed by atoms with Gasteiger partial charge in [0.15, 0.2) is 11.6 Å². The van der Waals surface area contributed by atoms with Crippen LogP contribution in [0.5, 0.6) is 0 Å². The van der Waals surface area contributed by atoms with Gasteiger partial charge in [-0.15, -0.1) is 10.2 Å². The van der Waals surface area contributed by atoms with Gasteiger partial charge in [0.2, 0.25) is 0 Å². The molecular formula is C17H20N4O. The molecule has 1 aromatic heterocycles. The smallest absolute Gasteiger partial charge is 0.256 e. The van der Waals surface area contributed by atoms with Gasteiger partial charge in [-0.25, -0.2) is 0 Å². The van der Waals surface area contributed by atoms with Crippen LogP contribution in [0.15, 0.2) is 36.4 Å². The van der Waals surface area contributed by atoms with Crippen LogP contribution in [0.1, 0.15) is 35.2 Å². The van der Waals surface area contributed by atoms with Gasteiger partial charge in [-0.2, -0.15) is 0 Å². The van der Waals surface area contributed by atoms with Crippen LogP contribution < -0.4 is 10.2 Å². The van der Waals surface area contributed by atoms with Gasteiger partial charge in [0.05, 0.1) is 0 Å². The van der Waals surface area contributed by atoms with Crippen molar-refractivity contribution in [2.75, 3.05) is 23.3 Å². The van der Waals surface area contributed by atoms with Gasteiger partial charge in [0.1, 0.15) is 0 Å². The summed E-state index contributed by atoms with van der Waals surface area (Å²) in [6.07, 6.45) is 3.69. The van der Waals surface area contributed by atoms with Gasteiger partial charge in [0.25, 0.3) is 5.91 Å². The van der Waals surface area contributed by atoms with Gasteiger partial charge in [0, 0.05) is 18.7 Å². The number of amides is 1. The van der Waals surface area contributed by atoms with E-state index < -0.39 is 0 Å². The number of nitrogens with zero attached hydrogens (tertiary/aromatic N) is 3. The Kier molecular flexibility index (Phi) is 4.32. The number of hydrogen-bond donors (Lipinski definition) is 1. The molecule has 1 aromatic carbocycles. The highest BCUT2D eigenvalue weighted by molar-refractivity contribution is 6.03. The van der Waals surface area contributed by atoms with Crippen molar-refractivity contribution < 1.29 is 4.79 Å². The van der Waals surface area contributed by atoms with Crippen molar-refractivity contribution in [2.45, 2.75) is 26.2 Å². The fourth-order valence-electron chi connectivity index (χ4n) is 2.58. The molecule has 2 heterocycles. The van der Waals surface area contributed by atoms with E-state index in [1.807, 2.05) is 31.2 Å². The van der Waals surface area contributed by atoms with Gasteiger partial charge >= 0.3 is 0 Å². The lowest BCUT2D eigenvalue weighted by atomic mass is 10.1. The largest absolute Gasteiger partial charge is 0.355 e. The van der Waals surface area contributed by atoms with Crippen LogP contribution in [0.2, 0.25) is 0 Å². The summed E-state index contributed by atoms with van der Waals surface area (Å²) >= 11 is 0. The van der Waals surface area contributed by atoms with Crippen LogP contribution in [0.3, 0.4) is 0 Å². The number of carbonyl (C=O) groups is 1. The highest BCUT2D eigenvalue weighted by Gasteiger charge is 2.13. The van der Waals surface area contributed by atoms with Crippen LogP contribution in [0.25, 0.3) is 0 Å². The third-order valence-electron chi connectivity index (χ3n) is 3.89. The zero-order valence-corrected chi connectivity index (χ0v) is 12.7. The number of aryl methyl sites for hydroxylation is 1. The summed E-state index contributed by atoms with van der Waals surface area (Å²) < 4.78 is 0. The molecule has 0 unspecified atom stereocenters. The molecule has 0 spiro atoms. The summed E-state index contributed by atoms with van der Waals surface area (Å²) in [6.45, 7) is 4.06. The molecule has 0 saturated carbocycles. The van der Waals surface area contributed by atoms with Crippen molar-refractivity contribution in [3.63, 3.8) is 0 Å². The molecule has 1 saturated heterocycles. The Balaban J connectivity index is 1.65. The number of rotatable bonds is 3. The normalized spacial score (nSPS) is 14.7. The van der Waals surface area contributed by atoms with Crippen LogP contribution in [-0.2, 0) is 0 Å². The van der Waals surface area contributed by atoms with E-state index in [1.165, 1.54) is 19.3 Å². The van der Waals surface area contributed by atoms with E-state index in [4.69, 9.17) is 0 Å². The second-order valence-corrected chi connectivity index (χ2v) is 5.64. The van der Waals surface area contributed by atoms with Crippen molar-refractivity contribution in [2.24, 2.45) is 0 Å². The number of piperidine rings is 1. The Bertz CT molecular complexity index is 631. The van der Waals surface area contributed by atoms with Gasteiger partial charge in [-0.1, -0.05) is 17.7 Å². The molecule has 0 atom stereocenters. The van der Waals surface area contributed by atoms with E-state index in [0.717, 1.165) is 24.5 Å². The minimum atomic E-state index is -0.167. The van der Waals surface area contributed by atoms with Crippen LogP contribution in [0.4, 0.5) is 11.6 Å². The first-order valence-corrected chi connectivity index (χ1v) is 7.69. The third-order valence-corrected chi connectivity index (χ3v) is 3.89. The molecule has 0 aliphatic carbocycles.